The zero-order chi connectivity index (χ0) is 12.5. The summed E-state index contributed by atoms with van der Waals surface area (Å²) in [6, 6.07) is 3.74. The lowest BCUT2D eigenvalue weighted by atomic mass is 9.81. The van der Waals surface area contributed by atoms with Crippen LogP contribution in [0.1, 0.15) is 29.9 Å². The van der Waals surface area contributed by atoms with Gasteiger partial charge < -0.3 is 15.2 Å². The summed E-state index contributed by atoms with van der Waals surface area (Å²) in [4.78, 5) is 4.54. The maximum Gasteiger partial charge on any atom is 0.163 e. The van der Waals surface area contributed by atoms with Gasteiger partial charge in [-0.2, -0.15) is 0 Å². The Hall–Kier alpha value is -1.71. The van der Waals surface area contributed by atoms with Gasteiger partial charge in [-0.25, -0.2) is 0 Å². The predicted octanol–water partition coefficient (Wildman–Crippen LogP) is 1.82. The number of methoxy groups -OCH3 is 1. The van der Waals surface area contributed by atoms with Gasteiger partial charge in [0.15, 0.2) is 11.5 Å². The van der Waals surface area contributed by atoms with Crippen molar-refractivity contribution in [1.29, 1.82) is 0 Å². The second-order valence-electron chi connectivity index (χ2n) is 4.82. The molecule has 1 heterocycles. The van der Waals surface area contributed by atoms with Gasteiger partial charge >= 0.3 is 0 Å². The molecule has 1 unspecified atom stereocenters. The van der Waals surface area contributed by atoms with E-state index in [1.54, 1.807) is 13.2 Å². The number of benzene rings is 1. The Kier molecular flexibility index (Phi) is 2.86. The number of rotatable bonds is 2. The maximum absolute atomic E-state index is 9.85. The van der Waals surface area contributed by atoms with Crippen LogP contribution < -0.4 is 10.1 Å². The van der Waals surface area contributed by atoms with Crippen LogP contribution in [0.2, 0.25) is 0 Å². The standard InChI is InChI=1S/C14H18N2O2/c1-18-13-10-3-2-4-11(14-15-7-8-16-14)9(10)5-6-12(13)17/h5-6,11,17H,2-4,7-8H2,1H3,(H,15,16). The number of phenols is 1. The third-order valence-electron chi connectivity index (χ3n) is 3.81. The Bertz CT molecular complexity index is 497. The summed E-state index contributed by atoms with van der Waals surface area (Å²) in [6.07, 6.45) is 3.20. The van der Waals surface area contributed by atoms with Crippen molar-refractivity contribution in [2.75, 3.05) is 20.2 Å². The number of amidine groups is 1. The van der Waals surface area contributed by atoms with Gasteiger partial charge in [-0.1, -0.05) is 6.07 Å². The van der Waals surface area contributed by atoms with Crippen LogP contribution >= 0.6 is 0 Å². The SMILES string of the molecule is COc1c(O)ccc2c1CCCC2C1=NCCN1. The molecule has 0 spiro atoms. The molecule has 0 amide bonds. The predicted molar refractivity (Wildman–Crippen MR) is 70.6 cm³/mol. The topological polar surface area (TPSA) is 53.9 Å². The van der Waals surface area contributed by atoms with Gasteiger partial charge in [0, 0.05) is 18.0 Å². The van der Waals surface area contributed by atoms with Crippen molar-refractivity contribution in [3.8, 4) is 11.5 Å². The summed E-state index contributed by atoms with van der Waals surface area (Å²) in [5.41, 5.74) is 2.40. The Labute approximate surface area is 107 Å². The van der Waals surface area contributed by atoms with Crippen LogP contribution in [0.25, 0.3) is 0 Å². The van der Waals surface area contributed by atoms with E-state index in [0.29, 0.717) is 11.7 Å². The molecule has 1 aliphatic heterocycles. The fourth-order valence-corrected chi connectivity index (χ4v) is 3.01. The van der Waals surface area contributed by atoms with Crippen molar-refractivity contribution < 1.29 is 9.84 Å². The molecule has 2 N–H and O–H groups in total. The van der Waals surface area contributed by atoms with E-state index in [9.17, 15) is 5.11 Å². The number of hydrogen-bond donors (Lipinski definition) is 2. The first kappa shape index (κ1) is 11.4. The van der Waals surface area contributed by atoms with Crippen molar-refractivity contribution in [2.45, 2.75) is 25.2 Å². The normalized spacial score (nSPS) is 22.1. The zero-order valence-corrected chi connectivity index (χ0v) is 10.6. The van der Waals surface area contributed by atoms with Crippen molar-refractivity contribution in [2.24, 2.45) is 4.99 Å². The minimum Gasteiger partial charge on any atom is -0.504 e. The summed E-state index contributed by atoms with van der Waals surface area (Å²) in [7, 11) is 1.62. The molecular weight excluding hydrogens is 228 g/mol. The number of nitrogens with one attached hydrogen (secondary N) is 1. The Morgan fingerprint density at radius 2 is 2.33 bits per heavy atom. The van der Waals surface area contributed by atoms with Gasteiger partial charge in [0.1, 0.15) is 5.84 Å². The Morgan fingerprint density at radius 3 is 3.06 bits per heavy atom. The van der Waals surface area contributed by atoms with E-state index in [1.165, 1.54) is 5.56 Å². The van der Waals surface area contributed by atoms with E-state index in [4.69, 9.17) is 4.74 Å². The maximum atomic E-state index is 9.85. The van der Waals surface area contributed by atoms with E-state index in [-0.39, 0.29) is 5.75 Å². The minimum atomic E-state index is 0.234. The van der Waals surface area contributed by atoms with Crippen LogP contribution in [0.3, 0.4) is 0 Å². The summed E-state index contributed by atoms with van der Waals surface area (Å²) in [5.74, 6) is 2.31. The highest BCUT2D eigenvalue weighted by Gasteiger charge is 2.28. The highest BCUT2D eigenvalue weighted by molar-refractivity contribution is 5.91. The lowest BCUT2D eigenvalue weighted by Gasteiger charge is -2.27. The molecule has 1 aliphatic carbocycles. The molecular formula is C14H18N2O2. The Balaban J connectivity index is 2.05. The molecule has 18 heavy (non-hydrogen) atoms. The van der Waals surface area contributed by atoms with Gasteiger partial charge in [0.05, 0.1) is 13.7 Å². The van der Waals surface area contributed by atoms with E-state index in [0.717, 1.165) is 43.8 Å². The molecule has 96 valence electrons. The number of phenolic OH excluding ortho intramolecular Hbond substituents is 1. The van der Waals surface area contributed by atoms with E-state index in [1.807, 2.05) is 6.07 Å². The van der Waals surface area contributed by atoms with Crippen molar-refractivity contribution in [3.63, 3.8) is 0 Å². The summed E-state index contributed by atoms with van der Waals surface area (Å²) in [6.45, 7) is 1.81. The van der Waals surface area contributed by atoms with Gasteiger partial charge in [0.25, 0.3) is 0 Å². The highest BCUT2D eigenvalue weighted by Crippen LogP contribution is 2.41. The number of fused-ring (bicyclic) bond motifs is 1. The van der Waals surface area contributed by atoms with Crippen LogP contribution in [0, 0.1) is 0 Å². The molecule has 0 aromatic heterocycles. The molecule has 4 nitrogen and oxygen atoms in total. The van der Waals surface area contributed by atoms with Gasteiger partial charge in [-0.3, -0.25) is 4.99 Å². The highest BCUT2D eigenvalue weighted by atomic mass is 16.5. The lowest BCUT2D eigenvalue weighted by Crippen LogP contribution is -2.28. The molecule has 1 aromatic rings. The molecule has 1 aromatic carbocycles. The molecule has 0 fully saturated rings. The van der Waals surface area contributed by atoms with Crippen LogP contribution in [0.4, 0.5) is 0 Å². The molecule has 0 saturated carbocycles. The monoisotopic (exact) mass is 246 g/mol. The summed E-state index contributed by atoms with van der Waals surface area (Å²) < 4.78 is 5.34. The van der Waals surface area contributed by atoms with Gasteiger partial charge in [-0.15, -0.1) is 0 Å². The second kappa shape index (κ2) is 4.52. The summed E-state index contributed by atoms with van der Waals surface area (Å²) in [5, 5.41) is 13.2. The first-order valence-electron chi connectivity index (χ1n) is 6.48. The van der Waals surface area contributed by atoms with Crippen molar-refractivity contribution in [3.05, 3.63) is 23.3 Å². The molecule has 3 rings (SSSR count). The number of aliphatic imine (C=N–C) groups is 1. The molecule has 2 aliphatic rings. The average Bonchev–Trinajstić information content (AvgIpc) is 2.91. The van der Waals surface area contributed by atoms with E-state index < -0.39 is 0 Å². The minimum absolute atomic E-state index is 0.234. The molecule has 0 bridgehead atoms. The number of aromatic hydroxyl groups is 1. The molecule has 1 atom stereocenters. The first-order valence-corrected chi connectivity index (χ1v) is 6.48. The quantitative estimate of drug-likeness (QED) is 0.837. The van der Waals surface area contributed by atoms with Crippen molar-refractivity contribution >= 4 is 5.84 Å². The fraction of sp³-hybridized carbons (Fsp3) is 0.500. The third-order valence-corrected chi connectivity index (χ3v) is 3.81. The number of nitrogens with zero attached hydrogens (tertiary/aromatic N) is 1. The van der Waals surface area contributed by atoms with Crippen molar-refractivity contribution in [1.82, 2.24) is 5.32 Å². The number of ether oxygens (including phenoxy) is 1. The lowest BCUT2D eigenvalue weighted by molar-refractivity contribution is 0.366. The molecule has 4 heteroatoms. The van der Waals surface area contributed by atoms with Crippen LogP contribution in [-0.4, -0.2) is 31.1 Å². The van der Waals surface area contributed by atoms with Crippen LogP contribution in [0.15, 0.2) is 17.1 Å². The summed E-state index contributed by atoms with van der Waals surface area (Å²) >= 11 is 0. The molecule has 0 radical (unpaired) electrons. The Morgan fingerprint density at radius 1 is 1.44 bits per heavy atom. The largest absolute Gasteiger partial charge is 0.504 e. The smallest absolute Gasteiger partial charge is 0.163 e. The first-order chi connectivity index (χ1) is 8.81. The fourth-order valence-electron chi connectivity index (χ4n) is 3.01. The van der Waals surface area contributed by atoms with Gasteiger partial charge in [0.2, 0.25) is 0 Å². The average molecular weight is 246 g/mol. The van der Waals surface area contributed by atoms with E-state index in [2.05, 4.69) is 10.3 Å². The van der Waals surface area contributed by atoms with Gasteiger partial charge in [-0.05, 0) is 30.9 Å². The number of hydrogen-bond acceptors (Lipinski definition) is 4. The molecule has 0 saturated heterocycles. The zero-order valence-electron chi connectivity index (χ0n) is 10.6. The van der Waals surface area contributed by atoms with Crippen LogP contribution in [0.5, 0.6) is 11.5 Å². The van der Waals surface area contributed by atoms with E-state index >= 15 is 0 Å². The third kappa shape index (κ3) is 1.72. The second-order valence-corrected chi connectivity index (χ2v) is 4.82. The van der Waals surface area contributed by atoms with Crippen LogP contribution in [-0.2, 0) is 6.42 Å².